The van der Waals surface area contributed by atoms with Crippen LogP contribution in [0.5, 0.6) is 0 Å². The zero-order valence-corrected chi connectivity index (χ0v) is 15.5. The number of halogens is 4. The van der Waals surface area contributed by atoms with Gasteiger partial charge in [-0.3, -0.25) is 4.31 Å². The van der Waals surface area contributed by atoms with Gasteiger partial charge in [-0.05, 0) is 30.3 Å². The quantitative estimate of drug-likeness (QED) is 0.582. The van der Waals surface area contributed by atoms with Crippen molar-refractivity contribution in [3.05, 3.63) is 64.8 Å². The molecule has 0 radical (unpaired) electrons. The maximum absolute atomic E-state index is 14.5. The van der Waals surface area contributed by atoms with E-state index >= 15 is 0 Å². The highest BCUT2D eigenvalue weighted by Crippen LogP contribution is 2.27. The fourth-order valence-corrected chi connectivity index (χ4v) is 3.28. The minimum Gasteiger partial charge on any atom is -0.415 e. The summed E-state index contributed by atoms with van der Waals surface area (Å²) in [4.78, 5) is 0. The molecule has 142 valence electrons. The molecule has 0 saturated carbocycles. The van der Waals surface area contributed by atoms with Crippen molar-refractivity contribution in [2.24, 2.45) is 0 Å². The Bertz CT molecular complexity index is 984. The average molecular weight is 416 g/mol. The van der Waals surface area contributed by atoms with Crippen molar-refractivity contribution in [3.8, 4) is 11.5 Å². The number of hydrogen-bond donors (Lipinski definition) is 0. The lowest BCUT2D eigenvalue weighted by atomic mass is 10.1. The third-order valence-electron chi connectivity index (χ3n) is 3.65. The van der Waals surface area contributed by atoms with Gasteiger partial charge in [0.2, 0.25) is 5.89 Å². The van der Waals surface area contributed by atoms with E-state index in [4.69, 9.17) is 16.0 Å². The summed E-state index contributed by atoms with van der Waals surface area (Å²) in [6.07, 6.45) is -1.43. The predicted octanol–water partition coefficient (Wildman–Crippen LogP) is 4.77. The largest absolute Gasteiger partial charge is 0.415 e. The summed E-state index contributed by atoms with van der Waals surface area (Å²) >= 11 is 5.96. The maximum atomic E-state index is 14.5. The Labute approximate surface area is 160 Å². The van der Waals surface area contributed by atoms with Crippen molar-refractivity contribution in [2.45, 2.75) is 13.0 Å². The Morgan fingerprint density at radius 2 is 2.00 bits per heavy atom. The van der Waals surface area contributed by atoms with Gasteiger partial charge < -0.3 is 4.42 Å². The molecule has 2 aromatic carbocycles. The molecule has 0 amide bonds. The number of hydrogen-bond acceptors (Lipinski definition) is 4. The van der Waals surface area contributed by atoms with Crippen LogP contribution >= 0.6 is 11.6 Å². The van der Waals surface area contributed by atoms with Crippen molar-refractivity contribution in [1.29, 1.82) is 0 Å². The molecule has 0 aliphatic heterocycles. The van der Waals surface area contributed by atoms with Gasteiger partial charge in [-0.15, -0.1) is 10.2 Å². The Morgan fingerprint density at radius 1 is 1.22 bits per heavy atom. The standard InChI is InChI=1S/C17H13ClF3N3O2S/c1-27(25)24(13-4-2-3-12(18)8-13)9-11-6-5-10(7-14(11)19)16-22-23-17(26-16)15(20)21/h2-8,15H,9H2,1H3. The zero-order valence-electron chi connectivity index (χ0n) is 13.9. The van der Waals surface area contributed by atoms with Crippen molar-refractivity contribution in [2.75, 3.05) is 10.6 Å². The third-order valence-corrected chi connectivity index (χ3v) is 4.84. The predicted molar refractivity (Wildman–Crippen MR) is 96.4 cm³/mol. The molecular formula is C17H13ClF3N3O2S. The first-order valence-corrected chi connectivity index (χ1v) is 9.51. The smallest absolute Gasteiger partial charge is 0.314 e. The zero-order chi connectivity index (χ0) is 19.6. The SMILES string of the molecule is CS(=O)N(Cc1ccc(-c2nnc(C(F)F)o2)cc1F)c1cccc(Cl)c1. The van der Waals surface area contributed by atoms with E-state index < -0.39 is 29.1 Å². The average Bonchev–Trinajstić information content (AvgIpc) is 3.10. The van der Waals surface area contributed by atoms with Crippen LogP contribution in [0.15, 0.2) is 46.9 Å². The molecule has 0 N–H and O–H groups in total. The van der Waals surface area contributed by atoms with Crippen molar-refractivity contribution < 1.29 is 21.8 Å². The minimum absolute atomic E-state index is 0.0156. The van der Waals surface area contributed by atoms with Crippen molar-refractivity contribution >= 4 is 28.3 Å². The summed E-state index contributed by atoms with van der Waals surface area (Å²) in [5.41, 5.74) is 0.996. The molecule has 27 heavy (non-hydrogen) atoms. The van der Waals surface area contributed by atoms with Gasteiger partial charge in [0.05, 0.1) is 12.2 Å². The van der Waals surface area contributed by atoms with Gasteiger partial charge in [0.1, 0.15) is 16.8 Å². The van der Waals surface area contributed by atoms with E-state index in [-0.39, 0.29) is 23.6 Å². The van der Waals surface area contributed by atoms with Crippen molar-refractivity contribution in [1.82, 2.24) is 10.2 Å². The molecule has 1 atom stereocenters. The molecule has 0 saturated heterocycles. The van der Waals surface area contributed by atoms with E-state index in [1.54, 1.807) is 24.3 Å². The molecule has 0 aliphatic carbocycles. The van der Waals surface area contributed by atoms with Crippen LogP contribution in [0.25, 0.3) is 11.5 Å². The minimum atomic E-state index is -2.90. The Morgan fingerprint density at radius 3 is 2.59 bits per heavy atom. The summed E-state index contributed by atoms with van der Waals surface area (Å²) in [5.74, 6) is -1.66. The maximum Gasteiger partial charge on any atom is 0.314 e. The molecule has 0 fully saturated rings. The van der Waals surface area contributed by atoms with E-state index in [1.807, 2.05) is 0 Å². The summed E-state index contributed by atoms with van der Waals surface area (Å²) in [7, 11) is -1.43. The molecular weight excluding hydrogens is 403 g/mol. The van der Waals surface area contributed by atoms with Crippen LogP contribution in [0, 0.1) is 5.82 Å². The van der Waals surface area contributed by atoms with Crippen LogP contribution in [0.4, 0.5) is 18.9 Å². The second kappa shape index (κ2) is 8.10. The highest BCUT2D eigenvalue weighted by molar-refractivity contribution is 7.85. The van der Waals surface area contributed by atoms with Gasteiger partial charge in [0.25, 0.3) is 5.89 Å². The summed E-state index contributed by atoms with van der Waals surface area (Å²) in [5, 5.41) is 7.16. The second-order valence-corrected chi connectivity index (χ2v) is 7.22. The molecule has 1 unspecified atom stereocenters. The summed E-state index contributed by atoms with van der Waals surface area (Å²) in [6, 6.07) is 10.7. The number of anilines is 1. The fraction of sp³-hybridized carbons (Fsp3) is 0.176. The number of nitrogens with zero attached hydrogens (tertiary/aromatic N) is 3. The molecule has 0 spiro atoms. The summed E-state index contributed by atoms with van der Waals surface area (Å²) < 4.78 is 58.0. The van der Waals surface area contributed by atoms with Crippen LogP contribution in [0.1, 0.15) is 17.9 Å². The molecule has 5 nitrogen and oxygen atoms in total. The van der Waals surface area contributed by atoms with Crippen molar-refractivity contribution in [3.63, 3.8) is 0 Å². The van der Waals surface area contributed by atoms with Crippen LogP contribution in [-0.4, -0.2) is 20.7 Å². The first-order chi connectivity index (χ1) is 12.8. The summed E-state index contributed by atoms with van der Waals surface area (Å²) in [6.45, 7) is 0.0156. The normalized spacial score (nSPS) is 12.4. The lowest BCUT2D eigenvalue weighted by Crippen LogP contribution is -2.24. The van der Waals surface area contributed by atoms with Gasteiger partial charge in [-0.1, -0.05) is 23.7 Å². The van der Waals surface area contributed by atoms with Crippen LogP contribution in [-0.2, 0) is 17.5 Å². The fourth-order valence-electron chi connectivity index (χ4n) is 2.36. The van der Waals surface area contributed by atoms with Gasteiger partial charge in [0, 0.05) is 22.4 Å². The Kier molecular flexibility index (Phi) is 5.81. The molecule has 3 aromatic rings. The monoisotopic (exact) mass is 415 g/mol. The van der Waals surface area contributed by atoms with Gasteiger partial charge in [-0.25, -0.2) is 8.60 Å². The molecule has 10 heteroatoms. The lowest BCUT2D eigenvalue weighted by molar-refractivity contribution is 0.116. The van der Waals surface area contributed by atoms with E-state index in [0.717, 1.165) is 6.07 Å². The topological polar surface area (TPSA) is 59.2 Å². The Balaban J connectivity index is 1.87. The van der Waals surface area contributed by atoms with Gasteiger partial charge >= 0.3 is 6.43 Å². The van der Waals surface area contributed by atoms with Gasteiger partial charge in [-0.2, -0.15) is 8.78 Å². The first kappa shape index (κ1) is 19.4. The van der Waals surface area contributed by atoms with Crippen LogP contribution in [0.3, 0.4) is 0 Å². The van der Waals surface area contributed by atoms with E-state index in [0.29, 0.717) is 10.7 Å². The van der Waals surface area contributed by atoms with Crippen LogP contribution < -0.4 is 4.31 Å². The number of aromatic nitrogens is 2. The number of alkyl halides is 2. The second-order valence-electron chi connectivity index (χ2n) is 5.49. The first-order valence-electron chi connectivity index (χ1n) is 7.62. The number of rotatable bonds is 6. The van der Waals surface area contributed by atoms with Gasteiger partial charge in [0.15, 0.2) is 0 Å². The van der Waals surface area contributed by atoms with E-state index in [9.17, 15) is 17.4 Å². The Hall–Kier alpha value is -2.39. The van der Waals surface area contributed by atoms with Crippen LogP contribution in [0.2, 0.25) is 5.02 Å². The molecule has 0 bridgehead atoms. The molecule has 3 rings (SSSR count). The van der Waals surface area contributed by atoms with E-state index in [1.165, 1.54) is 22.7 Å². The molecule has 1 heterocycles. The molecule has 0 aliphatic rings. The highest BCUT2D eigenvalue weighted by atomic mass is 35.5. The molecule has 1 aromatic heterocycles. The highest BCUT2D eigenvalue weighted by Gasteiger charge is 2.19. The third kappa shape index (κ3) is 4.48. The van der Waals surface area contributed by atoms with E-state index in [2.05, 4.69) is 10.2 Å². The number of benzene rings is 2. The lowest BCUT2D eigenvalue weighted by Gasteiger charge is -2.22.